The molecule has 5 rings (SSSR count). The average molecular weight is 663 g/mol. The van der Waals surface area contributed by atoms with E-state index >= 15 is 0 Å². The van der Waals surface area contributed by atoms with Crippen LogP contribution in [0, 0.1) is 0 Å². The molecule has 0 unspecified atom stereocenters. The van der Waals surface area contributed by atoms with Crippen molar-refractivity contribution in [2.45, 2.75) is 26.8 Å². The lowest BCUT2D eigenvalue weighted by Crippen LogP contribution is -2.40. The van der Waals surface area contributed by atoms with Crippen molar-refractivity contribution in [3.8, 4) is 17.2 Å². The number of carbonyl (C=O) groups excluding carboxylic acids is 2. The predicted molar refractivity (Wildman–Crippen MR) is 168 cm³/mol. The fourth-order valence-electron chi connectivity index (χ4n) is 4.79. The van der Waals surface area contributed by atoms with Crippen molar-refractivity contribution >= 4 is 50.9 Å². The molecule has 1 N–H and O–H groups in total. The molecule has 1 amide bonds. The van der Waals surface area contributed by atoms with E-state index in [9.17, 15) is 14.4 Å². The van der Waals surface area contributed by atoms with E-state index in [0.29, 0.717) is 60.0 Å². The van der Waals surface area contributed by atoms with Crippen LogP contribution in [-0.2, 0) is 9.59 Å². The summed E-state index contributed by atoms with van der Waals surface area (Å²) in [5.74, 6) is 0.369. The van der Waals surface area contributed by atoms with Gasteiger partial charge in [-0.2, -0.15) is 0 Å². The third-order valence-electron chi connectivity index (χ3n) is 6.58. The molecule has 0 saturated heterocycles. The Morgan fingerprint density at radius 2 is 1.88 bits per heavy atom. The third kappa shape index (κ3) is 6.32. The highest BCUT2D eigenvalue weighted by atomic mass is 79.9. The van der Waals surface area contributed by atoms with Crippen LogP contribution in [0.5, 0.6) is 17.2 Å². The summed E-state index contributed by atoms with van der Waals surface area (Å²) in [5, 5.41) is 2.95. The number of hydrogen-bond donors (Lipinski definition) is 1. The van der Waals surface area contributed by atoms with Gasteiger partial charge in [0.2, 0.25) is 0 Å². The minimum absolute atomic E-state index is 0.260. The number of allylic oxidation sites excluding steroid dienone is 1. The lowest BCUT2D eigenvalue weighted by atomic mass is 9.95. The summed E-state index contributed by atoms with van der Waals surface area (Å²) in [7, 11) is 1.57. The summed E-state index contributed by atoms with van der Waals surface area (Å²) in [5.41, 5.74) is 2.51. The van der Waals surface area contributed by atoms with Crippen LogP contribution >= 0.6 is 27.3 Å². The second-order valence-corrected chi connectivity index (χ2v) is 11.4. The van der Waals surface area contributed by atoms with Gasteiger partial charge in [0.25, 0.3) is 11.5 Å². The number of thiazole rings is 1. The van der Waals surface area contributed by atoms with Crippen molar-refractivity contribution in [1.29, 1.82) is 0 Å². The van der Waals surface area contributed by atoms with E-state index in [1.807, 2.05) is 43.3 Å². The highest BCUT2D eigenvalue weighted by Crippen LogP contribution is 2.37. The Hall–Kier alpha value is -4.48. The average Bonchev–Trinajstić information content (AvgIpc) is 3.28. The van der Waals surface area contributed by atoms with Crippen molar-refractivity contribution < 1.29 is 23.8 Å². The maximum Gasteiger partial charge on any atom is 0.308 e. The molecule has 2 heterocycles. The van der Waals surface area contributed by atoms with Gasteiger partial charge in [0.15, 0.2) is 16.3 Å². The van der Waals surface area contributed by atoms with E-state index in [-0.39, 0.29) is 17.2 Å². The van der Waals surface area contributed by atoms with E-state index in [0.717, 1.165) is 0 Å². The molecular weight excluding hydrogens is 634 g/mol. The Balaban J connectivity index is 1.67. The lowest BCUT2D eigenvalue weighted by Gasteiger charge is -2.25. The number of nitrogens with one attached hydrogen (secondary N) is 1. The molecule has 9 nitrogen and oxygen atoms in total. The molecule has 0 spiro atoms. The normalized spacial score (nSPS) is 14.5. The summed E-state index contributed by atoms with van der Waals surface area (Å²) in [6, 6.07) is 19.1. The molecule has 0 radical (unpaired) electrons. The standard InChI is InChI=1S/C32H28BrN3O6S/c1-5-41-25-15-20(14-24(33)29(25)42-19(3)37)16-26-31(39)36-28(21-10-9-13-23(17-21)40-4)27(18(2)34-32(36)43-26)30(38)35-22-11-7-6-8-12-22/h6-17,28H,5H2,1-4H3,(H,35,38)/b26-16-/t28-/m1/s1. The lowest BCUT2D eigenvalue weighted by molar-refractivity contribution is -0.132. The van der Waals surface area contributed by atoms with Crippen LogP contribution in [0.15, 0.2) is 92.3 Å². The van der Waals surface area contributed by atoms with Gasteiger partial charge in [-0.3, -0.25) is 19.0 Å². The first kappa shape index (κ1) is 30.0. The van der Waals surface area contributed by atoms with Gasteiger partial charge in [-0.25, -0.2) is 4.99 Å². The number of para-hydroxylation sites is 1. The summed E-state index contributed by atoms with van der Waals surface area (Å²) in [6.45, 7) is 5.25. The number of halogens is 1. The molecule has 11 heteroatoms. The summed E-state index contributed by atoms with van der Waals surface area (Å²) in [4.78, 5) is 44.6. The van der Waals surface area contributed by atoms with Crippen LogP contribution < -0.4 is 34.4 Å². The van der Waals surface area contributed by atoms with Crippen LogP contribution in [0.3, 0.4) is 0 Å². The molecule has 43 heavy (non-hydrogen) atoms. The molecule has 220 valence electrons. The van der Waals surface area contributed by atoms with Crippen molar-refractivity contribution in [1.82, 2.24) is 4.57 Å². The molecule has 1 aliphatic heterocycles. The van der Waals surface area contributed by atoms with E-state index < -0.39 is 12.0 Å². The number of carbonyl (C=O) groups is 2. The van der Waals surface area contributed by atoms with Crippen LogP contribution in [0.1, 0.15) is 37.9 Å². The van der Waals surface area contributed by atoms with E-state index in [1.165, 1.54) is 18.3 Å². The fourth-order valence-corrected chi connectivity index (χ4v) is 6.37. The van der Waals surface area contributed by atoms with Gasteiger partial charge < -0.3 is 19.5 Å². The van der Waals surface area contributed by atoms with Crippen molar-refractivity contribution in [2.75, 3.05) is 19.0 Å². The molecule has 4 aromatic rings. The van der Waals surface area contributed by atoms with Gasteiger partial charge in [-0.1, -0.05) is 41.7 Å². The van der Waals surface area contributed by atoms with Crippen LogP contribution in [0.4, 0.5) is 5.69 Å². The third-order valence-corrected chi connectivity index (χ3v) is 8.15. The van der Waals surface area contributed by atoms with Gasteiger partial charge >= 0.3 is 5.97 Å². The minimum atomic E-state index is -0.755. The first-order valence-electron chi connectivity index (χ1n) is 13.4. The number of hydrogen-bond acceptors (Lipinski definition) is 8. The second-order valence-electron chi connectivity index (χ2n) is 9.54. The smallest absolute Gasteiger partial charge is 0.308 e. The number of methoxy groups -OCH3 is 1. The largest absolute Gasteiger partial charge is 0.497 e. The zero-order chi connectivity index (χ0) is 30.7. The van der Waals surface area contributed by atoms with Crippen molar-refractivity contribution in [3.63, 3.8) is 0 Å². The molecule has 0 aliphatic carbocycles. The number of amides is 1. The first-order chi connectivity index (χ1) is 20.7. The molecule has 1 aliphatic rings. The maximum absolute atomic E-state index is 14.1. The number of ether oxygens (including phenoxy) is 3. The van der Waals surface area contributed by atoms with Crippen LogP contribution in [0.25, 0.3) is 6.08 Å². The number of rotatable bonds is 8. The Labute approximate surface area is 259 Å². The quantitative estimate of drug-likeness (QED) is 0.211. The van der Waals surface area contributed by atoms with Gasteiger partial charge in [0.1, 0.15) is 5.75 Å². The Morgan fingerprint density at radius 1 is 1.12 bits per heavy atom. The van der Waals surface area contributed by atoms with Gasteiger partial charge in [0.05, 0.1) is 40.0 Å². The number of aromatic nitrogens is 1. The molecule has 1 aromatic heterocycles. The van der Waals surface area contributed by atoms with Crippen LogP contribution in [0.2, 0.25) is 0 Å². The molecule has 0 bridgehead atoms. The van der Waals surface area contributed by atoms with E-state index in [4.69, 9.17) is 19.2 Å². The summed E-state index contributed by atoms with van der Waals surface area (Å²) < 4.78 is 19.0. The SMILES string of the molecule is CCOc1cc(/C=c2\sc3n(c2=O)[C@H](c2cccc(OC)c2)C(C(=O)Nc2ccccc2)=C(C)N=3)cc(Br)c1OC(C)=O. The van der Waals surface area contributed by atoms with Gasteiger partial charge in [-0.15, -0.1) is 0 Å². The maximum atomic E-state index is 14.1. The summed E-state index contributed by atoms with van der Waals surface area (Å²) >= 11 is 4.68. The molecular formula is C32H28BrN3O6S. The topological polar surface area (TPSA) is 108 Å². The second kappa shape index (κ2) is 12.8. The molecule has 1 atom stereocenters. The zero-order valence-corrected chi connectivity index (χ0v) is 26.2. The van der Waals surface area contributed by atoms with E-state index in [2.05, 4.69) is 21.2 Å². The monoisotopic (exact) mass is 661 g/mol. The predicted octanol–water partition coefficient (Wildman–Crippen LogP) is 4.97. The zero-order valence-electron chi connectivity index (χ0n) is 23.8. The fraction of sp³-hybridized carbons (Fsp3) is 0.188. The Morgan fingerprint density at radius 3 is 2.58 bits per heavy atom. The van der Waals surface area contributed by atoms with Crippen molar-refractivity contribution in [2.24, 2.45) is 4.99 Å². The minimum Gasteiger partial charge on any atom is -0.497 e. The van der Waals surface area contributed by atoms with Crippen LogP contribution in [-0.4, -0.2) is 30.2 Å². The molecule has 3 aromatic carbocycles. The van der Waals surface area contributed by atoms with Gasteiger partial charge in [0, 0.05) is 12.6 Å². The van der Waals surface area contributed by atoms with E-state index in [1.54, 1.807) is 55.0 Å². The number of benzene rings is 3. The molecule has 0 fully saturated rings. The number of nitrogens with zero attached hydrogens (tertiary/aromatic N) is 2. The summed E-state index contributed by atoms with van der Waals surface area (Å²) in [6.07, 6.45) is 1.72. The number of anilines is 1. The Kier molecular flexibility index (Phi) is 8.93. The number of esters is 1. The highest BCUT2D eigenvalue weighted by Gasteiger charge is 2.33. The van der Waals surface area contributed by atoms with Crippen molar-refractivity contribution in [3.05, 3.63) is 113 Å². The number of fused-ring (bicyclic) bond motifs is 1. The van der Waals surface area contributed by atoms with Gasteiger partial charge in [-0.05, 0) is 83.4 Å². The highest BCUT2D eigenvalue weighted by molar-refractivity contribution is 9.10. The Bertz CT molecular complexity index is 1930. The first-order valence-corrected chi connectivity index (χ1v) is 15.0. The molecule has 0 saturated carbocycles.